The lowest BCUT2D eigenvalue weighted by molar-refractivity contribution is -0.121. The van der Waals surface area contributed by atoms with Gasteiger partial charge in [0.25, 0.3) is 0 Å². The van der Waals surface area contributed by atoms with Crippen molar-refractivity contribution < 1.29 is 9.59 Å². The minimum atomic E-state index is -0.00827. The second-order valence-electron chi connectivity index (χ2n) is 7.70. The highest BCUT2D eigenvalue weighted by Gasteiger charge is 2.26. The molecule has 0 spiro atoms. The molecule has 1 heterocycles. The molecule has 2 aromatic rings. The highest BCUT2D eigenvalue weighted by atomic mass is 16.2. The van der Waals surface area contributed by atoms with Crippen LogP contribution in [0, 0.1) is 26.7 Å². The van der Waals surface area contributed by atoms with Gasteiger partial charge in [0.05, 0.1) is 6.54 Å². The van der Waals surface area contributed by atoms with Gasteiger partial charge in [-0.2, -0.15) is 0 Å². The van der Waals surface area contributed by atoms with E-state index in [1.807, 2.05) is 56.3 Å². The number of aryl methyl sites for hydroxylation is 3. The van der Waals surface area contributed by atoms with Crippen LogP contribution in [0.4, 0.5) is 11.4 Å². The van der Waals surface area contributed by atoms with E-state index in [4.69, 9.17) is 0 Å². The molecule has 1 fully saturated rings. The van der Waals surface area contributed by atoms with E-state index in [-0.39, 0.29) is 17.7 Å². The molecule has 2 N–H and O–H groups in total. The third-order valence-corrected chi connectivity index (χ3v) is 5.52. The number of anilines is 2. The Labute approximate surface area is 167 Å². The molecule has 3 rings (SSSR count). The first-order valence-corrected chi connectivity index (χ1v) is 9.88. The summed E-state index contributed by atoms with van der Waals surface area (Å²) in [6, 6.07) is 13.8. The van der Waals surface area contributed by atoms with Crippen LogP contribution in [0.1, 0.15) is 29.5 Å². The number of hydrogen-bond donors (Lipinski definition) is 2. The molecule has 0 unspecified atom stereocenters. The number of benzene rings is 2. The molecule has 1 aliphatic heterocycles. The van der Waals surface area contributed by atoms with Crippen molar-refractivity contribution in [1.29, 1.82) is 0 Å². The standard InChI is InChI=1S/C23H29N3O2/c1-16-8-9-20(14-18(16)3)24-22(27)15-26-12-10-19(11-13-26)23(28)25-21-7-5-4-6-17(21)2/h4-9,14,19H,10-13,15H2,1-3H3,(H,24,27)(H,25,28). The number of amides is 2. The Balaban J connectivity index is 1.45. The van der Waals surface area contributed by atoms with Crippen LogP contribution < -0.4 is 10.6 Å². The van der Waals surface area contributed by atoms with Crippen LogP contribution in [-0.2, 0) is 9.59 Å². The molecule has 2 aromatic carbocycles. The monoisotopic (exact) mass is 379 g/mol. The average Bonchev–Trinajstić information content (AvgIpc) is 2.67. The fourth-order valence-corrected chi connectivity index (χ4v) is 3.52. The first kappa shape index (κ1) is 20.1. The van der Waals surface area contributed by atoms with E-state index in [0.717, 1.165) is 42.9 Å². The molecule has 1 aliphatic rings. The minimum absolute atomic E-state index is 0.00124. The zero-order chi connectivity index (χ0) is 20.1. The number of rotatable bonds is 5. The van der Waals surface area contributed by atoms with Crippen LogP contribution in [0.15, 0.2) is 42.5 Å². The molecule has 0 radical (unpaired) electrons. The second-order valence-corrected chi connectivity index (χ2v) is 7.70. The number of nitrogens with one attached hydrogen (secondary N) is 2. The van der Waals surface area contributed by atoms with Crippen molar-refractivity contribution in [3.8, 4) is 0 Å². The van der Waals surface area contributed by atoms with Gasteiger partial charge in [-0.15, -0.1) is 0 Å². The topological polar surface area (TPSA) is 61.4 Å². The Morgan fingerprint density at radius 3 is 2.32 bits per heavy atom. The minimum Gasteiger partial charge on any atom is -0.326 e. The van der Waals surface area contributed by atoms with E-state index in [9.17, 15) is 9.59 Å². The van der Waals surface area contributed by atoms with Gasteiger partial charge in [-0.25, -0.2) is 0 Å². The van der Waals surface area contributed by atoms with Gasteiger partial charge >= 0.3 is 0 Å². The molecule has 0 aliphatic carbocycles. The van der Waals surface area contributed by atoms with Crippen LogP contribution in [0.3, 0.4) is 0 Å². The summed E-state index contributed by atoms with van der Waals surface area (Å²) in [7, 11) is 0. The van der Waals surface area contributed by atoms with E-state index < -0.39 is 0 Å². The van der Waals surface area contributed by atoms with Crippen LogP contribution >= 0.6 is 0 Å². The Kier molecular flexibility index (Phi) is 6.47. The number of carbonyl (C=O) groups excluding carboxylic acids is 2. The Hall–Kier alpha value is -2.66. The van der Waals surface area contributed by atoms with Gasteiger partial charge in [-0.05, 0) is 81.6 Å². The zero-order valence-corrected chi connectivity index (χ0v) is 16.9. The van der Waals surface area contributed by atoms with Gasteiger partial charge in [-0.1, -0.05) is 24.3 Å². The van der Waals surface area contributed by atoms with Crippen LogP contribution in [0.2, 0.25) is 0 Å². The number of likely N-dealkylation sites (tertiary alicyclic amines) is 1. The predicted octanol–water partition coefficient (Wildman–Crippen LogP) is 3.90. The molecule has 5 nitrogen and oxygen atoms in total. The van der Waals surface area contributed by atoms with Crippen molar-refractivity contribution in [3.63, 3.8) is 0 Å². The number of hydrogen-bond acceptors (Lipinski definition) is 3. The van der Waals surface area contributed by atoms with E-state index in [1.54, 1.807) is 0 Å². The van der Waals surface area contributed by atoms with Gasteiger partial charge in [0.15, 0.2) is 0 Å². The third-order valence-electron chi connectivity index (χ3n) is 5.52. The molecule has 0 bridgehead atoms. The molecule has 148 valence electrons. The third kappa shape index (κ3) is 5.20. The Bertz CT molecular complexity index is 855. The van der Waals surface area contributed by atoms with E-state index >= 15 is 0 Å². The lowest BCUT2D eigenvalue weighted by Crippen LogP contribution is -2.41. The molecule has 0 saturated carbocycles. The van der Waals surface area contributed by atoms with Crippen molar-refractivity contribution in [2.24, 2.45) is 5.92 Å². The summed E-state index contributed by atoms with van der Waals surface area (Å²) in [5.41, 5.74) is 5.15. The highest BCUT2D eigenvalue weighted by Crippen LogP contribution is 2.21. The number of piperidine rings is 1. The summed E-state index contributed by atoms with van der Waals surface area (Å²) in [4.78, 5) is 27.0. The lowest BCUT2D eigenvalue weighted by Gasteiger charge is -2.30. The summed E-state index contributed by atoms with van der Waals surface area (Å²) in [6.45, 7) is 7.96. The summed E-state index contributed by atoms with van der Waals surface area (Å²) in [5, 5.41) is 6.01. The summed E-state index contributed by atoms with van der Waals surface area (Å²) < 4.78 is 0. The zero-order valence-electron chi connectivity index (χ0n) is 16.9. The first-order valence-electron chi connectivity index (χ1n) is 9.88. The fourth-order valence-electron chi connectivity index (χ4n) is 3.52. The highest BCUT2D eigenvalue weighted by molar-refractivity contribution is 5.94. The number of carbonyl (C=O) groups is 2. The maximum absolute atomic E-state index is 12.5. The van der Waals surface area contributed by atoms with Crippen molar-refractivity contribution >= 4 is 23.2 Å². The van der Waals surface area contributed by atoms with Gasteiger partial charge < -0.3 is 10.6 Å². The smallest absolute Gasteiger partial charge is 0.238 e. The number of nitrogens with zero attached hydrogens (tertiary/aromatic N) is 1. The van der Waals surface area contributed by atoms with Gasteiger partial charge in [0.1, 0.15) is 0 Å². The summed E-state index contributed by atoms with van der Waals surface area (Å²) >= 11 is 0. The molecule has 28 heavy (non-hydrogen) atoms. The maximum atomic E-state index is 12.5. The summed E-state index contributed by atoms with van der Waals surface area (Å²) in [5.74, 6) is 0.0678. The van der Waals surface area contributed by atoms with Crippen LogP contribution in [0.5, 0.6) is 0 Å². The average molecular weight is 380 g/mol. The van der Waals surface area contributed by atoms with Crippen molar-refractivity contribution in [1.82, 2.24) is 4.90 Å². The first-order chi connectivity index (χ1) is 13.4. The van der Waals surface area contributed by atoms with Gasteiger partial charge in [0, 0.05) is 17.3 Å². The molecular formula is C23H29N3O2. The van der Waals surface area contributed by atoms with Crippen molar-refractivity contribution in [2.45, 2.75) is 33.6 Å². The lowest BCUT2D eigenvalue weighted by atomic mass is 9.95. The molecule has 5 heteroatoms. The predicted molar refractivity (Wildman–Crippen MR) is 114 cm³/mol. The maximum Gasteiger partial charge on any atom is 0.238 e. The molecule has 0 aromatic heterocycles. The molecule has 2 amide bonds. The van der Waals surface area contributed by atoms with Crippen LogP contribution in [-0.4, -0.2) is 36.3 Å². The van der Waals surface area contributed by atoms with E-state index in [0.29, 0.717) is 6.54 Å². The van der Waals surface area contributed by atoms with Crippen LogP contribution in [0.25, 0.3) is 0 Å². The summed E-state index contributed by atoms with van der Waals surface area (Å²) in [6.07, 6.45) is 1.54. The molecular weight excluding hydrogens is 350 g/mol. The van der Waals surface area contributed by atoms with Crippen molar-refractivity contribution in [2.75, 3.05) is 30.3 Å². The normalized spacial score (nSPS) is 15.2. The molecule has 0 atom stereocenters. The molecule has 1 saturated heterocycles. The SMILES string of the molecule is Cc1ccc(NC(=O)CN2CCC(C(=O)Nc3ccccc3C)CC2)cc1C. The fraction of sp³-hybridized carbons (Fsp3) is 0.391. The van der Waals surface area contributed by atoms with Gasteiger partial charge in [-0.3, -0.25) is 14.5 Å². The quantitative estimate of drug-likeness (QED) is 0.828. The van der Waals surface area contributed by atoms with Gasteiger partial charge in [0.2, 0.25) is 11.8 Å². The Morgan fingerprint density at radius 1 is 0.929 bits per heavy atom. The second kappa shape index (κ2) is 9.02. The van der Waals surface area contributed by atoms with E-state index in [1.165, 1.54) is 11.1 Å². The Morgan fingerprint density at radius 2 is 1.64 bits per heavy atom. The number of para-hydroxylation sites is 1. The van der Waals surface area contributed by atoms with E-state index in [2.05, 4.69) is 22.5 Å². The van der Waals surface area contributed by atoms with Crippen molar-refractivity contribution in [3.05, 3.63) is 59.2 Å². The largest absolute Gasteiger partial charge is 0.326 e.